The van der Waals surface area contributed by atoms with E-state index in [1.54, 1.807) is 0 Å². The van der Waals surface area contributed by atoms with Crippen molar-refractivity contribution in [3.05, 3.63) is 58.8 Å². The number of hydrogen-bond acceptors (Lipinski definition) is 0. The van der Waals surface area contributed by atoms with Crippen LogP contribution in [0.3, 0.4) is 0 Å². The minimum Gasteiger partial charge on any atom is -0.205 e. The number of rotatable bonds is 0. The lowest BCUT2D eigenvalue weighted by molar-refractivity contribution is 0.635. The fraction of sp³-hybridized carbons (Fsp3) is 0. The van der Waals surface area contributed by atoms with E-state index in [1.807, 2.05) is 48.5 Å². The largest absolute Gasteiger partial charge is 0.205 e. The van der Waals surface area contributed by atoms with Gasteiger partial charge in [0, 0.05) is 5.39 Å². The molecule has 0 spiro atoms. The van der Waals surface area contributed by atoms with Crippen LogP contribution in [-0.2, 0) is 0 Å². The Morgan fingerprint density at radius 2 is 1.12 bits per heavy atom. The van der Waals surface area contributed by atoms with Crippen molar-refractivity contribution in [3.63, 3.8) is 0 Å². The molecule has 0 saturated carbocycles. The van der Waals surface area contributed by atoms with Crippen LogP contribution < -0.4 is 0 Å². The zero-order chi connectivity index (χ0) is 11.1. The van der Waals surface area contributed by atoms with E-state index in [0.717, 1.165) is 16.2 Å². The Kier molecular flexibility index (Phi) is 2.18. The number of benzene rings is 3. The van der Waals surface area contributed by atoms with E-state index in [1.165, 1.54) is 0 Å². The molecule has 0 bridgehead atoms. The van der Waals surface area contributed by atoms with Crippen molar-refractivity contribution >= 4 is 37.5 Å². The SMILES string of the molecule is Fc1c(Br)c2ccccc2c2ccccc12. The molecule has 0 atom stereocenters. The van der Waals surface area contributed by atoms with Gasteiger partial charge in [0.1, 0.15) is 5.82 Å². The maximum Gasteiger partial charge on any atom is 0.145 e. The van der Waals surface area contributed by atoms with Gasteiger partial charge in [0.05, 0.1) is 4.47 Å². The maximum absolute atomic E-state index is 14.1. The summed E-state index contributed by atoms with van der Waals surface area (Å²) in [5.41, 5.74) is 0. The van der Waals surface area contributed by atoms with Crippen LogP contribution in [0.2, 0.25) is 0 Å². The highest BCUT2D eigenvalue weighted by molar-refractivity contribution is 9.10. The minimum absolute atomic E-state index is 0.186. The first-order valence-electron chi connectivity index (χ1n) is 5.03. The Balaban J connectivity index is 2.69. The topological polar surface area (TPSA) is 0 Å². The summed E-state index contributed by atoms with van der Waals surface area (Å²) < 4.78 is 14.6. The molecule has 0 aliphatic heterocycles. The standard InChI is InChI=1S/C14H8BrF/c15-13-11-7-3-1-5-9(11)10-6-2-4-8-12(10)14(13)16/h1-8H. The molecule has 0 fully saturated rings. The highest BCUT2D eigenvalue weighted by Gasteiger charge is 2.10. The third-order valence-corrected chi connectivity index (χ3v) is 3.59. The van der Waals surface area contributed by atoms with Crippen LogP contribution in [0, 0.1) is 5.82 Å². The highest BCUT2D eigenvalue weighted by Crippen LogP contribution is 2.34. The van der Waals surface area contributed by atoms with Crippen molar-refractivity contribution < 1.29 is 4.39 Å². The van der Waals surface area contributed by atoms with Crippen LogP contribution in [0.1, 0.15) is 0 Å². The molecular weight excluding hydrogens is 267 g/mol. The van der Waals surface area contributed by atoms with Crippen molar-refractivity contribution in [1.82, 2.24) is 0 Å². The number of halogens is 2. The third kappa shape index (κ3) is 1.26. The number of hydrogen-bond donors (Lipinski definition) is 0. The molecule has 0 amide bonds. The molecule has 0 nitrogen and oxygen atoms in total. The molecular formula is C14H8BrF. The van der Waals surface area contributed by atoms with Crippen LogP contribution in [0.4, 0.5) is 4.39 Å². The lowest BCUT2D eigenvalue weighted by Crippen LogP contribution is -1.85. The van der Waals surface area contributed by atoms with Crippen molar-refractivity contribution in [2.45, 2.75) is 0 Å². The fourth-order valence-corrected chi connectivity index (χ4v) is 2.61. The molecule has 78 valence electrons. The molecule has 0 N–H and O–H groups in total. The van der Waals surface area contributed by atoms with Gasteiger partial charge in [-0.25, -0.2) is 4.39 Å². The second-order valence-electron chi connectivity index (χ2n) is 3.72. The summed E-state index contributed by atoms with van der Waals surface area (Å²) >= 11 is 3.33. The quantitative estimate of drug-likeness (QED) is 0.512. The molecule has 3 aromatic rings. The van der Waals surface area contributed by atoms with Gasteiger partial charge in [-0.2, -0.15) is 0 Å². The Bertz CT molecular complexity index is 628. The maximum atomic E-state index is 14.1. The van der Waals surface area contributed by atoms with Gasteiger partial charge in [-0.05, 0) is 32.1 Å². The molecule has 0 heterocycles. The van der Waals surface area contributed by atoms with Crippen molar-refractivity contribution in [1.29, 1.82) is 0 Å². The van der Waals surface area contributed by atoms with Crippen LogP contribution >= 0.6 is 15.9 Å². The molecule has 0 unspecified atom stereocenters. The second kappa shape index (κ2) is 3.56. The average Bonchev–Trinajstić information content (AvgIpc) is 2.36. The second-order valence-corrected chi connectivity index (χ2v) is 4.51. The van der Waals surface area contributed by atoms with Crippen LogP contribution in [-0.4, -0.2) is 0 Å². The summed E-state index contributed by atoms with van der Waals surface area (Å²) in [4.78, 5) is 0. The van der Waals surface area contributed by atoms with Crippen molar-refractivity contribution in [2.75, 3.05) is 0 Å². The summed E-state index contributed by atoms with van der Waals surface area (Å²) in [6.45, 7) is 0. The van der Waals surface area contributed by atoms with Gasteiger partial charge in [-0.3, -0.25) is 0 Å². The van der Waals surface area contributed by atoms with E-state index in [9.17, 15) is 4.39 Å². The molecule has 0 radical (unpaired) electrons. The van der Waals surface area contributed by atoms with E-state index in [-0.39, 0.29) is 5.82 Å². The number of fused-ring (bicyclic) bond motifs is 3. The first-order chi connectivity index (χ1) is 7.79. The Morgan fingerprint density at radius 3 is 1.75 bits per heavy atom. The Morgan fingerprint density at radius 1 is 0.688 bits per heavy atom. The average molecular weight is 275 g/mol. The summed E-state index contributed by atoms with van der Waals surface area (Å²) in [5.74, 6) is -0.186. The summed E-state index contributed by atoms with van der Waals surface area (Å²) in [5, 5.41) is 3.61. The Hall–Kier alpha value is -1.41. The first-order valence-corrected chi connectivity index (χ1v) is 5.83. The van der Waals surface area contributed by atoms with Gasteiger partial charge in [-0.1, -0.05) is 48.5 Å². The first kappa shape index (κ1) is 9.79. The fourth-order valence-electron chi connectivity index (χ4n) is 2.06. The minimum atomic E-state index is -0.186. The monoisotopic (exact) mass is 274 g/mol. The van der Waals surface area contributed by atoms with Gasteiger partial charge in [0.25, 0.3) is 0 Å². The molecule has 0 aromatic heterocycles. The van der Waals surface area contributed by atoms with Gasteiger partial charge >= 0.3 is 0 Å². The van der Waals surface area contributed by atoms with Crippen molar-refractivity contribution in [3.8, 4) is 0 Å². The van der Waals surface area contributed by atoms with E-state index in [2.05, 4.69) is 15.9 Å². The van der Waals surface area contributed by atoms with Gasteiger partial charge < -0.3 is 0 Å². The van der Waals surface area contributed by atoms with E-state index < -0.39 is 0 Å². The molecule has 16 heavy (non-hydrogen) atoms. The predicted octanol–water partition coefficient (Wildman–Crippen LogP) is 4.89. The molecule has 0 aliphatic carbocycles. The van der Waals surface area contributed by atoms with Crippen LogP contribution in [0.5, 0.6) is 0 Å². The van der Waals surface area contributed by atoms with E-state index in [4.69, 9.17) is 0 Å². The lowest BCUT2D eigenvalue weighted by atomic mass is 10.0. The van der Waals surface area contributed by atoms with E-state index >= 15 is 0 Å². The molecule has 3 aromatic carbocycles. The zero-order valence-corrected chi connectivity index (χ0v) is 9.96. The molecule has 0 aliphatic rings. The highest BCUT2D eigenvalue weighted by atomic mass is 79.9. The van der Waals surface area contributed by atoms with Crippen LogP contribution in [0.25, 0.3) is 21.5 Å². The molecule has 3 rings (SSSR count). The van der Waals surface area contributed by atoms with Gasteiger partial charge in [0.15, 0.2) is 0 Å². The van der Waals surface area contributed by atoms with E-state index in [0.29, 0.717) is 9.86 Å². The van der Waals surface area contributed by atoms with Gasteiger partial charge in [-0.15, -0.1) is 0 Å². The summed E-state index contributed by atoms with van der Waals surface area (Å²) in [6.07, 6.45) is 0. The normalized spacial score (nSPS) is 11.1. The van der Waals surface area contributed by atoms with Crippen molar-refractivity contribution in [2.24, 2.45) is 0 Å². The zero-order valence-electron chi connectivity index (χ0n) is 8.37. The smallest absolute Gasteiger partial charge is 0.145 e. The Labute approximate surface area is 101 Å². The summed E-state index contributed by atoms with van der Waals surface area (Å²) in [7, 11) is 0. The van der Waals surface area contributed by atoms with Crippen LogP contribution in [0.15, 0.2) is 53.0 Å². The summed E-state index contributed by atoms with van der Waals surface area (Å²) in [6, 6.07) is 15.4. The third-order valence-electron chi connectivity index (χ3n) is 2.81. The predicted molar refractivity (Wildman–Crippen MR) is 69.1 cm³/mol. The molecule has 0 saturated heterocycles. The lowest BCUT2D eigenvalue weighted by Gasteiger charge is -2.07. The van der Waals surface area contributed by atoms with Gasteiger partial charge in [0.2, 0.25) is 0 Å². The molecule has 2 heteroatoms.